The third-order valence-electron chi connectivity index (χ3n) is 4.06. The number of aromatic nitrogens is 2. The number of nitro groups is 1. The maximum Gasteiger partial charge on any atom is 0.364 e. The molecule has 0 aliphatic heterocycles. The summed E-state index contributed by atoms with van der Waals surface area (Å²) in [4.78, 5) is 46.6. The molecule has 0 unspecified atom stereocenters. The minimum Gasteiger partial charge on any atom is -0.465 e. The van der Waals surface area contributed by atoms with E-state index in [-0.39, 0.29) is 28.3 Å². The minimum atomic E-state index is -0.873. The molecular formula is C20H15N3O8. The molecule has 11 nitrogen and oxygen atoms in total. The van der Waals surface area contributed by atoms with Crippen molar-refractivity contribution in [2.24, 2.45) is 0 Å². The van der Waals surface area contributed by atoms with Crippen LogP contribution in [0.3, 0.4) is 0 Å². The molecule has 3 rings (SSSR count). The van der Waals surface area contributed by atoms with E-state index in [9.17, 15) is 24.5 Å². The topological polar surface area (TPSA) is 140 Å². The Bertz CT molecular complexity index is 1150. The number of non-ortho nitro benzene ring substituents is 1. The Morgan fingerprint density at radius 3 is 2.16 bits per heavy atom. The molecule has 0 atom stereocenters. The molecule has 0 aliphatic rings. The van der Waals surface area contributed by atoms with Crippen molar-refractivity contribution in [3.63, 3.8) is 0 Å². The van der Waals surface area contributed by atoms with Crippen LogP contribution < -0.4 is 4.74 Å². The number of esters is 3. The maximum absolute atomic E-state index is 12.5. The normalized spacial score (nSPS) is 10.3. The number of nitro benzene ring substituents is 1. The lowest BCUT2D eigenvalue weighted by molar-refractivity contribution is -0.384. The van der Waals surface area contributed by atoms with Gasteiger partial charge in [0.1, 0.15) is 5.75 Å². The highest BCUT2D eigenvalue weighted by atomic mass is 16.6. The lowest BCUT2D eigenvalue weighted by Gasteiger charge is -2.08. The molecule has 2 aromatic carbocycles. The number of carbonyl (C=O) groups is 3. The van der Waals surface area contributed by atoms with Gasteiger partial charge in [-0.15, -0.1) is 0 Å². The number of methoxy groups -OCH3 is 2. The van der Waals surface area contributed by atoms with Crippen molar-refractivity contribution >= 4 is 23.6 Å². The molecule has 31 heavy (non-hydrogen) atoms. The molecule has 3 aromatic rings. The predicted octanol–water partition coefficient (Wildman–Crippen LogP) is 2.57. The molecule has 1 heterocycles. The highest BCUT2D eigenvalue weighted by Crippen LogP contribution is 2.21. The molecule has 0 fully saturated rings. The smallest absolute Gasteiger partial charge is 0.364 e. The van der Waals surface area contributed by atoms with Crippen molar-refractivity contribution in [1.29, 1.82) is 0 Å². The van der Waals surface area contributed by atoms with Gasteiger partial charge < -0.3 is 14.2 Å². The quantitative estimate of drug-likeness (QED) is 0.252. The largest absolute Gasteiger partial charge is 0.465 e. The van der Waals surface area contributed by atoms with Gasteiger partial charge in [-0.2, -0.15) is 5.10 Å². The van der Waals surface area contributed by atoms with Crippen molar-refractivity contribution in [2.75, 3.05) is 14.2 Å². The monoisotopic (exact) mass is 425 g/mol. The molecule has 0 aliphatic carbocycles. The molecule has 0 saturated heterocycles. The summed E-state index contributed by atoms with van der Waals surface area (Å²) in [6.45, 7) is 0. The average molecular weight is 425 g/mol. The van der Waals surface area contributed by atoms with Crippen LogP contribution in [-0.2, 0) is 9.47 Å². The summed E-state index contributed by atoms with van der Waals surface area (Å²) in [5.74, 6) is -2.45. The number of hydrogen-bond donors (Lipinski definition) is 0. The zero-order chi connectivity index (χ0) is 22.5. The second-order valence-corrected chi connectivity index (χ2v) is 6.04. The van der Waals surface area contributed by atoms with Crippen LogP contribution in [0.2, 0.25) is 0 Å². The highest BCUT2D eigenvalue weighted by Gasteiger charge is 2.18. The van der Waals surface area contributed by atoms with Crippen LogP contribution in [0.4, 0.5) is 5.69 Å². The van der Waals surface area contributed by atoms with Crippen molar-refractivity contribution in [3.8, 4) is 11.4 Å². The van der Waals surface area contributed by atoms with Crippen LogP contribution in [0.1, 0.15) is 31.2 Å². The van der Waals surface area contributed by atoms with Crippen LogP contribution >= 0.6 is 0 Å². The molecular weight excluding hydrogens is 410 g/mol. The van der Waals surface area contributed by atoms with Crippen LogP contribution in [0.25, 0.3) is 5.69 Å². The summed E-state index contributed by atoms with van der Waals surface area (Å²) < 4.78 is 15.8. The summed E-state index contributed by atoms with van der Waals surface area (Å²) in [5.41, 5.74) is 0.0984. The van der Waals surface area contributed by atoms with E-state index >= 15 is 0 Å². The SMILES string of the molecule is COC(=O)c1cc(OC(=O)c2ccn(-c3cccc([N+](=O)[O-])c3)n2)cc(C(=O)OC)c1. The zero-order valence-electron chi connectivity index (χ0n) is 16.3. The average Bonchev–Trinajstić information content (AvgIpc) is 3.28. The van der Waals surface area contributed by atoms with Gasteiger partial charge in [-0.25, -0.2) is 19.1 Å². The molecule has 0 amide bonds. The first-order valence-corrected chi connectivity index (χ1v) is 8.66. The van der Waals surface area contributed by atoms with Crippen LogP contribution in [0.5, 0.6) is 5.75 Å². The van der Waals surface area contributed by atoms with Crippen molar-refractivity contribution in [1.82, 2.24) is 9.78 Å². The Morgan fingerprint density at radius 2 is 1.58 bits per heavy atom. The lowest BCUT2D eigenvalue weighted by Crippen LogP contribution is -2.12. The predicted molar refractivity (Wildman–Crippen MR) is 104 cm³/mol. The first-order valence-electron chi connectivity index (χ1n) is 8.66. The Balaban J connectivity index is 1.87. The maximum atomic E-state index is 12.5. The van der Waals surface area contributed by atoms with Gasteiger partial charge in [0.05, 0.1) is 36.0 Å². The van der Waals surface area contributed by atoms with Crippen LogP contribution in [0.15, 0.2) is 54.7 Å². The van der Waals surface area contributed by atoms with Crippen molar-refractivity contribution < 1.29 is 33.5 Å². The Labute approximate surface area is 174 Å². The van der Waals surface area contributed by atoms with Crippen molar-refractivity contribution in [3.05, 3.63) is 81.7 Å². The summed E-state index contributed by atoms with van der Waals surface area (Å²) in [7, 11) is 2.33. The Hall–Kier alpha value is -4.54. The third kappa shape index (κ3) is 4.72. The number of nitrogens with zero attached hydrogens (tertiary/aromatic N) is 3. The summed E-state index contributed by atoms with van der Waals surface area (Å²) in [5, 5.41) is 15.0. The van der Waals surface area contributed by atoms with E-state index in [2.05, 4.69) is 14.6 Å². The number of carbonyl (C=O) groups excluding carboxylic acids is 3. The molecule has 1 aromatic heterocycles. The van der Waals surface area contributed by atoms with E-state index < -0.39 is 22.8 Å². The minimum absolute atomic E-state index is 0.0182. The van der Waals surface area contributed by atoms with Gasteiger partial charge in [-0.3, -0.25) is 10.1 Å². The molecule has 0 N–H and O–H groups in total. The molecule has 158 valence electrons. The summed E-state index contributed by atoms with van der Waals surface area (Å²) in [6.07, 6.45) is 1.43. The van der Waals surface area contributed by atoms with Gasteiger partial charge >= 0.3 is 17.9 Å². The number of rotatable bonds is 6. The van der Waals surface area contributed by atoms with E-state index in [1.807, 2.05) is 0 Å². The molecule has 0 bridgehead atoms. The van der Waals surface area contributed by atoms with E-state index in [1.165, 1.54) is 67.6 Å². The van der Waals surface area contributed by atoms with Gasteiger partial charge in [0.25, 0.3) is 5.69 Å². The summed E-state index contributed by atoms with van der Waals surface area (Å²) >= 11 is 0. The van der Waals surface area contributed by atoms with E-state index in [4.69, 9.17) is 4.74 Å². The van der Waals surface area contributed by atoms with Gasteiger partial charge in [-0.1, -0.05) is 6.07 Å². The first-order chi connectivity index (χ1) is 14.8. The first kappa shape index (κ1) is 21.2. The lowest BCUT2D eigenvalue weighted by atomic mass is 10.1. The number of hydrogen-bond acceptors (Lipinski definition) is 9. The van der Waals surface area contributed by atoms with Gasteiger partial charge in [0, 0.05) is 18.3 Å². The van der Waals surface area contributed by atoms with Crippen LogP contribution in [0, 0.1) is 10.1 Å². The molecule has 11 heteroatoms. The van der Waals surface area contributed by atoms with Gasteiger partial charge in [0.15, 0.2) is 5.69 Å². The Kier molecular flexibility index (Phi) is 6.05. The molecule has 0 saturated carbocycles. The highest BCUT2D eigenvalue weighted by molar-refractivity contribution is 5.96. The zero-order valence-corrected chi connectivity index (χ0v) is 16.3. The number of benzene rings is 2. The fourth-order valence-corrected chi connectivity index (χ4v) is 2.61. The van der Waals surface area contributed by atoms with Gasteiger partial charge in [0.2, 0.25) is 0 Å². The third-order valence-corrected chi connectivity index (χ3v) is 4.06. The molecule has 0 spiro atoms. The summed E-state index contributed by atoms with van der Waals surface area (Å²) in [6, 6.07) is 10.7. The Morgan fingerprint density at radius 1 is 0.935 bits per heavy atom. The van der Waals surface area contributed by atoms with Crippen molar-refractivity contribution in [2.45, 2.75) is 0 Å². The van der Waals surface area contributed by atoms with Crippen LogP contribution in [-0.4, -0.2) is 46.8 Å². The fraction of sp³-hybridized carbons (Fsp3) is 0.100. The molecule has 0 radical (unpaired) electrons. The fourth-order valence-electron chi connectivity index (χ4n) is 2.61. The van der Waals surface area contributed by atoms with Gasteiger partial charge in [-0.05, 0) is 30.3 Å². The standard InChI is InChI=1S/C20H15N3O8/c1-29-18(24)12-8-13(19(25)30-2)10-16(9-12)31-20(26)17-6-7-22(21-17)14-4-3-5-15(11-14)23(27)28/h3-11H,1-2H3. The second kappa shape index (κ2) is 8.86. The number of ether oxygens (including phenoxy) is 3. The van der Waals surface area contributed by atoms with E-state index in [1.54, 1.807) is 6.07 Å². The van der Waals surface area contributed by atoms with E-state index in [0.717, 1.165) is 0 Å². The second-order valence-electron chi connectivity index (χ2n) is 6.04. The van der Waals surface area contributed by atoms with E-state index in [0.29, 0.717) is 5.69 Å².